The smallest absolute Gasteiger partial charge is 0.367 e. The lowest BCUT2D eigenvalue weighted by Crippen LogP contribution is -2.17. The number of nitrogens with zero attached hydrogens (tertiary/aromatic N) is 4. The molecule has 13 heteroatoms. The Bertz CT molecular complexity index is 1680. The maximum atomic E-state index is 13.0. The van der Waals surface area contributed by atoms with Gasteiger partial charge in [-0.15, -0.1) is 0 Å². The minimum absolute atomic E-state index is 0.155. The van der Waals surface area contributed by atoms with Crippen LogP contribution in [0.15, 0.2) is 54.7 Å². The fourth-order valence-electron chi connectivity index (χ4n) is 5.93. The summed E-state index contributed by atoms with van der Waals surface area (Å²) in [4.78, 5) is 17.0. The third kappa shape index (κ3) is 8.91. The SMILES string of the molecule is Cc1nc(Cl)c(-c2cccc(C(F)(F)F)c2)c(NC2CCCC2)n1.Cc1ncc(-c2cccc(C(F)(F)F)c2)c(NC2CCCC2)n1. The zero-order valence-electron chi connectivity index (χ0n) is 25.9. The van der Waals surface area contributed by atoms with Gasteiger partial charge in [-0.2, -0.15) is 26.3 Å². The number of aromatic nitrogens is 4. The highest BCUT2D eigenvalue weighted by atomic mass is 35.5. The van der Waals surface area contributed by atoms with Crippen molar-refractivity contribution in [3.63, 3.8) is 0 Å². The number of hydrogen-bond acceptors (Lipinski definition) is 6. The van der Waals surface area contributed by atoms with E-state index in [1.54, 1.807) is 32.2 Å². The number of aryl methyl sites for hydroxylation is 2. The number of halogens is 7. The first-order valence-corrected chi connectivity index (χ1v) is 15.9. The van der Waals surface area contributed by atoms with Crippen LogP contribution in [0.1, 0.15) is 74.1 Å². The predicted octanol–water partition coefficient (Wildman–Crippen LogP) is 10.3. The summed E-state index contributed by atoms with van der Waals surface area (Å²) in [6.07, 6.45) is 1.58. The van der Waals surface area contributed by atoms with E-state index in [9.17, 15) is 26.3 Å². The van der Waals surface area contributed by atoms with Gasteiger partial charge in [0.1, 0.15) is 28.4 Å². The number of rotatable bonds is 6. The van der Waals surface area contributed by atoms with Crippen LogP contribution in [0.25, 0.3) is 22.3 Å². The molecular weight excluding hydrogens is 642 g/mol. The Kier molecular flexibility index (Phi) is 10.6. The molecule has 0 atom stereocenters. The maximum Gasteiger partial charge on any atom is 0.416 e. The molecule has 0 bridgehead atoms. The van der Waals surface area contributed by atoms with Crippen LogP contribution < -0.4 is 10.6 Å². The molecule has 2 aliphatic carbocycles. The van der Waals surface area contributed by atoms with Gasteiger partial charge in [0.25, 0.3) is 0 Å². The van der Waals surface area contributed by atoms with Crippen molar-refractivity contribution < 1.29 is 26.3 Å². The van der Waals surface area contributed by atoms with Crippen LogP contribution in [0.4, 0.5) is 38.0 Å². The van der Waals surface area contributed by atoms with Gasteiger partial charge >= 0.3 is 12.4 Å². The molecule has 2 heterocycles. The monoisotopic (exact) mass is 676 g/mol. The topological polar surface area (TPSA) is 75.6 Å². The first kappa shape index (κ1) is 34.4. The first-order valence-electron chi connectivity index (χ1n) is 15.5. The Morgan fingerprint density at radius 3 is 1.70 bits per heavy atom. The summed E-state index contributed by atoms with van der Waals surface area (Å²) >= 11 is 6.25. The number of benzene rings is 2. The molecule has 6 nitrogen and oxygen atoms in total. The Labute approximate surface area is 274 Å². The van der Waals surface area contributed by atoms with E-state index in [2.05, 4.69) is 30.6 Å². The summed E-state index contributed by atoms with van der Waals surface area (Å²) in [6.45, 7) is 3.48. The van der Waals surface area contributed by atoms with Gasteiger partial charge in [-0.3, -0.25) is 0 Å². The summed E-state index contributed by atoms with van der Waals surface area (Å²) in [5, 5.41) is 6.86. The number of nitrogens with one attached hydrogen (secondary N) is 2. The summed E-state index contributed by atoms with van der Waals surface area (Å²) in [5.74, 6) is 2.19. The van der Waals surface area contributed by atoms with Gasteiger partial charge in [0, 0.05) is 23.8 Å². The van der Waals surface area contributed by atoms with Crippen LogP contribution in [0.5, 0.6) is 0 Å². The van der Waals surface area contributed by atoms with Gasteiger partial charge < -0.3 is 10.6 Å². The van der Waals surface area contributed by atoms with E-state index in [0.29, 0.717) is 51.6 Å². The average molecular weight is 677 g/mol. The van der Waals surface area contributed by atoms with Gasteiger partial charge in [0.05, 0.1) is 16.7 Å². The van der Waals surface area contributed by atoms with Gasteiger partial charge in [0.15, 0.2) is 0 Å². The minimum Gasteiger partial charge on any atom is -0.367 e. The molecular formula is C34H35ClF6N6. The van der Waals surface area contributed by atoms with Crippen molar-refractivity contribution in [2.45, 2.75) is 89.7 Å². The lowest BCUT2D eigenvalue weighted by molar-refractivity contribution is -0.138. The van der Waals surface area contributed by atoms with E-state index in [1.165, 1.54) is 25.0 Å². The molecule has 0 aliphatic heterocycles. The first-order chi connectivity index (χ1) is 22.3. The average Bonchev–Trinajstić information content (AvgIpc) is 3.72. The van der Waals surface area contributed by atoms with Gasteiger partial charge in [-0.1, -0.05) is 61.5 Å². The number of alkyl halides is 6. The van der Waals surface area contributed by atoms with Crippen molar-refractivity contribution in [3.8, 4) is 22.3 Å². The van der Waals surface area contributed by atoms with Crippen molar-refractivity contribution in [2.75, 3.05) is 10.6 Å². The molecule has 250 valence electrons. The minimum atomic E-state index is -4.41. The van der Waals surface area contributed by atoms with Crippen LogP contribution in [-0.4, -0.2) is 32.0 Å². The largest absolute Gasteiger partial charge is 0.416 e. The van der Waals surface area contributed by atoms with Crippen LogP contribution in [0.3, 0.4) is 0 Å². The highest BCUT2D eigenvalue weighted by Crippen LogP contribution is 2.38. The van der Waals surface area contributed by atoms with Crippen LogP contribution in [-0.2, 0) is 12.4 Å². The highest BCUT2D eigenvalue weighted by molar-refractivity contribution is 6.32. The van der Waals surface area contributed by atoms with Crippen molar-refractivity contribution >= 4 is 23.2 Å². The third-order valence-electron chi connectivity index (χ3n) is 8.26. The summed E-state index contributed by atoms with van der Waals surface area (Å²) < 4.78 is 77.8. The summed E-state index contributed by atoms with van der Waals surface area (Å²) in [7, 11) is 0. The molecule has 0 amide bonds. The van der Waals surface area contributed by atoms with Crippen molar-refractivity contribution in [2.24, 2.45) is 0 Å². The Hall–Kier alpha value is -3.93. The molecule has 0 spiro atoms. The molecule has 2 fully saturated rings. The maximum absolute atomic E-state index is 13.0. The van der Waals surface area contributed by atoms with Gasteiger partial charge in [-0.05, 0) is 74.9 Å². The van der Waals surface area contributed by atoms with E-state index < -0.39 is 23.5 Å². The molecule has 2 aromatic heterocycles. The lowest BCUT2D eigenvalue weighted by atomic mass is 10.0. The fourth-order valence-corrected chi connectivity index (χ4v) is 6.25. The Balaban J connectivity index is 0.000000185. The summed E-state index contributed by atoms with van der Waals surface area (Å²) in [6, 6.07) is 11.0. The molecule has 2 saturated carbocycles. The highest BCUT2D eigenvalue weighted by Gasteiger charge is 2.32. The predicted molar refractivity (Wildman–Crippen MR) is 171 cm³/mol. The quantitative estimate of drug-likeness (QED) is 0.156. The van der Waals surface area contributed by atoms with E-state index in [1.807, 2.05) is 0 Å². The second kappa shape index (κ2) is 14.5. The normalized spacial score (nSPS) is 15.8. The van der Waals surface area contributed by atoms with Gasteiger partial charge in [-0.25, -0.2) is 19.9 Å². The zero-order chi connectivity index (χ0) is 33.8. The van der Waals surface area contributed by atoms with Crippen LogP contribution >= 0.6 is 11.6 Å². The fraction of sp³-hybridized carbons (Fsp3) is 0.412. The third-order valence-corrected chi connectivity index (χ3v) is 8.53. The molecule has 2 aromatic carbocycles. The molecule has 4 aromatic rings. The van der Waals surface area contributed by atoms with Crippen LogP contribution in [0.2, 0.25) is 5.15 Å². The number of anilines is 2. The molecule has 6 rings (SSSR count). The van der Waals surface area contributed by atoms with E-state index >= 15 is 0 Å². The second-order valence-corrected chi connectivity index (χ2v) is 12.2. The van der Waals surface area contributed by atoms with Crippen molar-refractivity contribution in [1.82, 2.24) is 19.9 Å². The number of hydrogen-bond donors (Lipinski definition) is 2. The van der Waals surface area contributed by atoms with E-state index in [-0.39, 0.29) is 11.2 Å². The molecule has 47 heavy (non-hydrogen) atoms. The molecule has 0 unspecified atom stereocenters. The van der Waals surface area contributed by atoms with E-state index in [0.717, 1.165) is 62.8 Å². The molecule has 0 radical (unpaired) electrons. The Morgan fingerprint density at radius 1 is 0.660 bits per heavy atom. The van der Waals surface area contributed by atoms with Crippen molar-refractivity contribution in [3.05, 3.63) is 82.7 Å². The second-order valence-electron chi connectivity index (χ2n) is 11.9. The van der Waals surface area contributed by atoms with Gasteiger partial charge in [0.2, 0.25) is 0 Å². The molecule has 2 aliphatic rings. The standard InChI is InChI=1S/C17H17ClF3N3.C17H18F3N3/c1-10-22-15(18)14(16(23-10)24-13-7-2-3-8-13)11-5-4-6-12(9-11)17(19,20)21;1-11-21-10-15(16(22-11)23-14-7-2-3-8-14)12-5-4-6-13(9-12)17(18,19)20/h4-6,9,13H,2-3,7-8H2,1H3,(H,22,23,24);4-6,9-10,14H,2-3,7-8H2,1H3,(H,21,22,23). The Morgan fingerprint density at radius 2 is 1.15 bits per heavy atom. The van der Waals surface area contributed by atoms with Crippen LogP contribution in [0, 0.1) is 13.8 Å². The molecule has 0 saturated heterocycles. The zero-order valence-corrected chi connectivity index (χ0v) is 26.7. The van der Waals surface area contributed by atoms with Crippen molar-refractivity contribution in [1.29, 1.82) is 0 Å². The molecule has 2 N–H and O–H groups in total. The summed E-state index contributed by atoms with van der Waals surface area (Å²) in [5.41, 5.74) is 0.468. The van der Waals surface area contributed by atoms with E-state index in [4.69, 9.17) is 11.6 Å². The lowest BCUT2D eigenvalue weighted by Gasteiger charge is -2.18.